The second-order valence-corrected chi connectivity index (χ2v) is 5.56. The number of nitrogens with two attached hydrogens (primary N) is 1. The number of benzene rings is 1. The molecule has 2 heterocycles. The van der Waals surface area contributed by atoms with Gasteiger partial charge in [-0.1, -0.05) is 18.5 Å². The van der Waals surface area contributed by atoms with Gasteiger partial charge in [0.25, 0.3) is 5.91 Å². The zero-order valence-electron chi connectivity index (χ0n) is 11.8. The smallest absolute Gasteiger partial charge is 0.269 e. The number of fused-ring (bicyclic) bond motifs is 1. The molecule has 0 atom stereocenters. The number of carbonyl (C=O) groups excluding carboxylic acids is 1. The van der Waals surface area contributed by atoms with Crippen molar-refractivity contribution >= 4 is 17.5 Å². The van der Waals surface area contributed by atoms with E-state index in [4.69, 9.17) is 17.3 Å². The molecule has 5 nitrogen and oxygen atoms in total. The van der Waals surface area contributed by atoms with Crippen LogP contribution in [0.3, 0.4) is 0 Å². The quantitative estimate of drug-likeness (QED) is 0.945. The molecule has 0 unspecified atom stereocenters. The van der Waals surface area contributed by atoms with Gasteiger partial charge in [0, 0.05) is 30.2 Å². The van der Waals surface area contributed by atoms with Crippen LogP contribution in [0.2, 0.25) is 5.02 Å². The van der Waals surface area contributed by atoms with Gasteiger partial charge in [-0.15, -0.1) is 0 Å². The zero-order chi connectivity index (χ0) is 15.0. The molecule has 0 bridgehead atoms. The Balaban J connectivity index is 2.10. The van der Waals surface area contributed by atoms with Gasteiger partial charge in [0.2, 0.25) is 0 Å². The Morgan fingerprint density at radius 1 is 1.33 bits per heavy atom. The Kier molecular flexibility index (Phi) is 3.69. The summed E-state index contributed by atoms with van der Waals surface area (Å²) in [6, 6.07) is 7.47. The molecule has 0 saturated heterocycles. The van der Waals surface area contributed by atoms with E-state index in [9.17, 15) is 4.79 Å². The number of likely N-dealkylation sites (N-methyl/N-ethyl adjacent to an activating group) is 1. The van der Waals surface area contributed by atoms with Crippen LogP contribution in [-0.4, -0.2) is 33.4 Å². The molecular weight excluding hydrogens is 288 g/mol. The third kappa shape index (κ3) is 2.54. The van der Waals surface area contributed by atoms with Gasteiger partial charge in [0.15, 0.2) is 5.69 Å². The molecular formula is C15H17ClN4O. The van der Waals surface area contributed by atoms with E-state index >= 15 is 0 Å². The molecule has 0 fully saturated rings. The molecule has 0 aliphatic carbocycles. The molecule has 1 aliphatic rings. The zero-order valence-corrected chi connectivity index (χ0v) is 12.6. The van der Waals surface area contributed by atoms with Crippen molar-refractivity contribution in [3.05, 3.63) is 40.7 Å². The molecule has 0 saturated carbocycles. The second-order valence-electron chi connectivity index (χ2n) is 5.12. The summed E-state index contributed by atoms with van der Waals surface area (Å²) in [4.78, 5) is 18.4. The molecule has 21 heavy (non-hydrogen) atoms. The minimum atomic E-state index is -0.475. The van der Waals surface area contributed by atoms with E-state index in [0.29, 0.717) is 17.3 Å². The average Bonchev–Trinajstić information content (AvgIpc) is 2.87. The van der Waals surface area contributed by atoms with E-state index < -0.39 is 5.91 Å². The van der Waals surface area contributed by atoms with Gasteiger partial charge in [-0.2, -0.15) is 0 Å². The largest absolute Gasteiger partial charge is 0.364 e. The molecule has 0 spiro atoms. The minimum Gasteiger partial charge on any atom is -0.364 e. The highest BCUT2D eigenvalue weighted by Gasteiger charge is 2.26. The normalized spacial score (nSPS) is 15.0. The number of primary amides is 1. The minimum absolute atomic E-state index is 0.373. The van der Waals surface area contributed by atoms with Gasteiger partial charge in [0.1, 0.15) is 5.82 Å². The van der Waals surface area contributed by atoms with Crippen molar-refractivity contribution in [2.75, 3.05) is 13.1 Å². The van der Waals surface area contributed by atoms with Crippen LogP contribution in [0.5, 0.6) is 0 Å². The van der Waals surface area contributed by atoms with Crippen LogP contribution >= 0.6 is 11.6 Å². The first-order chi connectivity index (χ1) is 10.1. The molecule has 6 heteroatoms. The fraction of sp³-hybridized carbons (Fsp3) is 0.333. The highest BCUT2D eigenvalue weighted by Crippen LogP contribution is 2.27. The van der Waals surface area contributed by atoms with Gasteiger partial charge < -0.3 is 10.3 Å². The van der Waals surface area contributed by atoms with Crippen LogP contribution in [0.1, 0.15) is 23.1 Å². The summed E-state index contributed by atoms with van der Waals surface area (Å²) in [6.07, 6.45) is 0. The van der Waals surface area contributed by atoms with Crippen molar-refractivity contribution in [1.82, 2.24) is 14.5 Å². The Morgan fingerprint density at radius 3 is 2.67 bits per heavy atom. The van der Waals surface area contributed by atoms with Gasteiger partial charge in [-0.25, -0.2) is 4.98 Å². The summed E-state index contributed by atoms with van der Waals surface area (Å²) in [7, 11) is 0. The summed E-state index contributed by atoms with van der Waals surface area (Å²) in [6.45, 7) is 5.51. The van der Waals surface area contributed by atoms with Crippen LogP contribution in [0.25, 0.3) is 11.4 Å². The predicted octanol–water partition coefficient (Wildman–Crippen LogP) is 2.14. The van der Waals surface area contributed by atoms with Crippen molar-refractivity contribution in [3.8, 4) is 11.4 Å². The first kappa shape index (κ1) is 14.1. The van der Waals surface area contributed by atoms with Gasteiger partial charge in [0.05, 0.1) is 5.69 Å². The van der Waals surface area contributed by atoms with Crippen molar-refractivity contribution in [2.24, 2.45) is 5.73 Å². The molecule has 1 amide bonds. The molecule has 1 aromatic carbocycles. The molecule has 0 radical (unpaired) electrons. The van der Waals surface area contributed by atoms with Gasteiger partial charge in [-0.05, 0) is 30.8 Å². The summed E-state index contributed by atoms with van der Waals surface area (Å²) in [5, 5.41) is 0.677. The van der Waals surface area contributed by atoms with E-state index in [2.05, 4.69) is 21.4 Å². The summed E-state index contributed by atoms with van der Waals surface area (Å²) in [5.41, 5.74) is 7.71. The Morgan fingerprint density at radius 2 is 2.05 bits per heavy atom. The van der Waals surface area contributed by atoms with E-state index in [0.717, 1.165) is 36.7 Å². The number of nitrogens with zero attached hydrogens (tertiary/aromatic N) is 3. The maximum Gasteiger partial charge on any atom is 0.269 e. The monoisotopic (exact) mass is 304 g/mol. The second kappa shape index (κ2) is 5.50. The Hall–Kier alpha value is -1.85. The summed E-state index contributed by atoms with van der Waals surface area (Å²) in [5.74, 6) is 0.308. The fourth-order valence-corrected chi connectivity index (χ4v) is 2.83. The molecule has 3 rings (SSSR count). The van der Waals surface area contributed by atoms with Gasteiger partial charge in [-0.3, -0.25) is 9.69 Å². The van der Waals surface area contributed by atoms with Crippen molar-refractivity contribution in [1.29, 1.82) is 0 Å². The van der Waals surface area contributed by atoms with E-state index in [1.807, 2.05) is 24.3 Å². The van der Waals surface area contributed by atoms with Crippen molar-refractivity contribution in [3.63, 3.8) is 0 Å². The maximum absolute atomic E-state index is 11.7. The third-order valence-corrected chi connectivity index (χ3v) is 4.12. The van der Waals surface area contributed by atoms with Crippen LogP contribution < -0.4 is 5.73 Å². The maximum atomic E-state index is 11.7. The van der Waals surface area contributed by atoms with Crippen LogP contribution in [0, 0.1) is 0 Å². The Bertz CT molecular complexity index is 678. The van der Waals surface area contributed by atoms with E-state index in [1.165, 1.54) is 0 Å². The first-order valence-electron chi connectivity index (χ1n) is 6.97. The van der Waals surface area contributed by atoms with Gasteiger partial charge >= 0.3 is 0 Å². The number of amides is 1. The first-order valence-corrected chi connectivity index (χ1v) is 7.35. The number of rotatable bonds is 3. The fourth-order valence-electron chi connectivity index (χ4n) is 2.71. The molecule has 2 N–H and O–H groups in total. The lowest BCUT2D eigenvalue weighted by atomic mass is 10.2. The number of hydrogen-bond donors (Lipinski definition) is 1. The predicted molar refractivity (Wildman–Crippen MR) is 82.1 cm³/mol. The number of halogens is 1. The lowest BCUT2D eigenvalue weighted by Crippen LogP contribution is -2.34. The SMILES string of the molecule is CCN1CCn2c(-c3ccc(Cl)cc3)nc(C(N)=O)c2C1. The van der Waals surface area contributed by atoms with E-state index in [-0.39, 0.29) is 0 Å². The molecule has 1 aromatic heterocycles. The average molecular weight is 305 g/mol. The third-order valence-electron chi connectivity index (χ3n) is 3.87. The number of hydrogen-bond acceptors (Lipinski definition) is 3. The number of carbonyl (C=O) groups is 1. The number of imidazole rings is 1. The standard InChI is InChI=1S/C15H17ClN4O/c1-2-19-7-8-20-12(9-19)13(14(17)21)18-15(20)10-3-5-11(16)6-4-10/h3-6H,2,7-9H2,1H3,(H2,17,21). The highest BCUT2D eigenvalue weighted by atomic mass is 35.5. The highest BCUT2D eigenvalue weighted by molar-refractivity contribution is 6.30. The lowest BCUT2D eigenvalue weighted by molar-refractivity contribution is 0.0992. The van der Waals surface area contributed by atoms with Crippen LogP contribution in [0.15, 0.2) is 24.3 Å². The van der Waals surface area contributed by atoms with E-state index in [1.54, 1.807) is 0 Å². The summed E-state index contributed by atoms with van der Waals surface area (Å²) < 4.78 is 2.09. The van der Waals surface area contributed by atoms with Crippen LogP contribution in [0.4, 0.5) is 0 Å². The molecule has 110 valence electrons. The summed E-state index contributed by atoms with van der Waals surface area (Å²) >= 11 is 5.93. The Labute approximate surface area is 128 Å². The molecule has 2 aromatic rings. The topological polar surface area (TPSA) is 64.2 Å². The van der Waals surface area contributed by atoms with Crippen molar-refractivity contribution < 1.29 is 4.79 Å². The molecule has 1 aliphatic heterocycles. The number of aromatic nitrogens is 2. The lowest BCUT2D eigenvalue weighted by Gasteiger charge is -2.28. The van der Waals surface area contributed by atoms with Crippen molar-refractivity contribution in [2.45, 2.75) is 20.0 Å². The van der Waals surface area contributed by atoms with Crippen LogP contribution in [-0.2, 0) is 13.1 Å².